The van der Waals surface area contributed by atoms with Crippen LogP contribution in [0.1, 0.15) is 20.3 Å². The lowest BCUT2D eigenvalue weighted by molar-refractivity contribution is -0.277. The van der Waals surface area contributed by atoms with E-state index in [4.69, 9.17) is 28.4 Å². The molecule has 8 heteroatoms. The monoisotopic (exact) mass is 636 g/mol. The molecule has 0 aromatic heterocycles. The van der Waals surface area contributed by atoms with Crippen LogP contribution in [0.4, 0.5) is 0 Å². The number of allylic oxidation sites excluding steroid dienone is 4. The van der Waals surface area contributed by atoms with Crippen LogP contribution >= 0.6 is 15.8 Å². The van der Waals surface area contributed by atoms with Gasteiger partial charge in [-0.2, -0.15) is 0 Å². The Balaban J connectivity index is 1.63. The zero-order valence-electron chi connectivity index (χ0n) is 26.8. The molecule has 1 heterocycles. The van der Waals surface area contributed by atoms with Crippen LogP contribution in [0.25, 0.3) is 0 Å². The number of para-hydroxylation sites is 2. The van der Waals surface area contributed by atoms with Crippen molar-refractivity contribution in [2.45, 2.75) is 43.9 Å². The molecule has 0 radical (unpaired) electrons. The maximum Gasteiger partial charge on any atom is 0.162 e. The fraction of sp³-hybridized carbons (Fsp3) is 0.444. The van der Waals surface area contributed by atoms with Gasteiger partial charge in [-0.15, -0.1) is 0 Å². The maximum absolute atomic E-state index is 6.56. The number of hydrogen-bond acceptors (Lipinski definition) is 6. The van der Waals surface area contributed by atoms with Crippen LogP contribution in [0, 0.1) is 5.41 Å². The minimum absolute atomic E-state index is 0.00922. The molecule has 6 nitrogen and oxygen atoms in total. The molecule has 3 aliphatic rings. The molecule has 1 saturated heterocycles. The zero-order valence-corrected chi connectivity index (χ0v) is 28.6. The van der Waals surface area contributed by atoms with Gasteiger partial charge in [-0.05, 0) is 58.0 Å². The van der Waals surface area contributed by atoms with Gasteiger partial charge in [0.1, 0.15) is 11.5 Å². The van der Waals surface area contributed by atoms with Crippen LogP contribution in [-0.4, -0.2) is 77.6 Å². The molecule has 0 spiro atoms. The van der Waals surface area contributed by atoms with Crippen LogP contribution in [0.2, 0.25) is 0 Å². The average Bonchev–Trinajstić information content (AvgIpc) is 3.07. The lowest BCUT2D eigenvalue weighted by Gasteiger charge is -2.48. The molecule has 1 aliphatic heterocycles. The molecule has 0 bridgehead atoms. The lowest BCUT2D eigenvalue weighted by atomic mass is 9.94. The van der Waals surface area contributed by atoms with E-state index >= 15 is 0 Å². The summed E-state index contributed by atoms with van der Waals surface area (Å²) in [6, 6.07) is 16.9. The first kappa shape index (κ1) is 33.1. The van der Waals surface area contributed by atoms with Gasteiger partial charge in [-0.3, -0.25) is 0 Å². The Morgan fingerprint density at radius 1 is 0.773 bits per heavy atom. The van der Waals surface area contributed by atoms with Crippen molar-refractivity contribution in [3.8, 4) is 11.5 Å². The van der Waals surface area contributed by atoms with Crippen LogP contribution in [-0.2, 0) is 18.9 Å². The van der Waals surface area contributed by atoms with E-state index in [-0.39, 0.29) is 23.3 Å². The second-order valence-corrected chi connectivity index (χ2v) is 16.5. The van der Waals surface area contributed by atoms with Crippen LogP contribution in [0.3, 0.4) is 0 Å². The third-order valence-corrected chi connectivity index (χ3v) is 14.8. The summed E-state index contributed by atoms with van der Waals surface area (Å²) in [5.41, 5.74) is -0.119. The molecule has 5 rings (SSSR count). The van der Waals surface area contributed by atoms with Crippen molar-refractivity contribution in [2.75, 3.05) is 54.0 Å². The summed E-state index contributed by atoms with van der Waals surface area (Å²) in [6.07, 6.45) is 17.9. The van der Waals surface area contributed by atoms with Crippen molar-refractivity contribution in [3.05, 3.63) is 96.4 Å². The Labute approximate surface area is 265 Å². The second kappa shape index (κ2) is 14.9. The van der Waals surface area contributed by atoms with E-state index in [1.54, 1.807) is 21.3 Å². The topological polar surface area (TPSA) is 55.4 Å². The van der Waals surface area contributed by atoms with Crippen LogP contribution < -0.4 is 20.1 Å². The fourth-order valence-corrected chi connectivity index (χ4v) is 12.8. The first-order chi connectivity index (χ1) is 21.3. The van der Waals surface area contributed by atoms with Gasteiger partial charge in [0.05, 0.1) is 39.6 Å². The number of methoxy groups -OCH3 is 4. The molecule has 5 unspecified atom stereocenters. The van der Waals surface area contributed by atoms with E-state index in [0.717, 1.165) is 30.2 Å². The normalized spacial score (nSPS) is 25.2. The third-order valence-electron chi connectivity index (χ3n) is 8.59. The van der Waals surface area contributed by atoms with Crippen molar-refractivity contribution in [2.24, 2.45) is 5.41 Å². The van der Waals surface area contributed by atoms with Crippen LogP contribution in [0.5, 0.6) is 11.5 Å². The second-order valence-electron chi connectivity index (χ2n) is 12.0. The molecular formula is C36H46O6P2. The predicted molar refractivity (Wildman–Crippen MR) is 183 cm³/mol. The minimum atomic E-state index is -0.875. The summed E-state index contributed by atoms with van der Waals surface area (Å²) in [5, 5.41) is 3.77. The molecule has 2 aliphatic carbocycles. The van der Waals surface area contributed by atoms with E-state index in [2.05, 4.69) is 78.9 Å². The average molecular weight is 637 g/mol. The highest BCUT2D eigenvalue weighted by atomic mass is 31.1. The molecule has 0 N–H and O–H groups in total. The number of hydrogen-bond donors (Lipinski definition) is 0. The fourth-order valence-electron chi connectivity index (χ4n) is 6.20. The number of ether oxygens (including phenoxy) is 6. The van der Waals surface area contributed by atoms with Gasteiger partial charge in [0.2, 0.25) is 0 Å². The molecule has 0 saturated carbocycles. The summed E-state index contributed by atoms with van der Waals surface area (Å²) in [7, 11) is 5.44. The van der Waals surface area contributed by atoms with Gasteiger partial charge in [0.15, 0.2) is 5.79 Å². The Bertz CT molecular complexity index is 1370. The highest BCUT2D eigenvalue weighted by molar-refractivity contribution is 7.70. The van der Waals surface area contributed by atoms with Crippen molar-refractivity contribution in [3.63, 3.8) is 0 Å². The first-order valence-electron chi connectivity index (χ1n) is 15.2. The molecule has 2 aromatic rings. The SMILES string of the molecule is COc1ccccc1P(CC1(CP(c2ccccc2OC)C2C=CC=CC2OC)COC(C)(C)OC1)C1=CC=CCC1OC. The number of rotatable bonds is 12. The molecule has 44 heavy (non-hydrogen) atoms. The molecule has 1 fully saturated rings. The van der Waals surface area contributed by atoms with Gasteiger partial charge in [0, 0.05) is 35.9 Å². The molecule has 0 amide bonds. The van der Waals surface area contributed by atoms with E-state index in [9.17, 15) is 0 Å². The minimum Gasteiger partial charge on any atom is -0.496 e. The summed E-state index contributed by atoms with van der Waals surface area (Å²) in [4.78, 5) is 0. The molecule has 5 atom stereocenters. The van der Waals surface area contributed by atoms with Crippen molar-refractivity contribution in [1.29, 1.82) is 0 Å². The van der Waals surface area contributed by atoms with Gasteiger partial charge in [-0.1, -0.05) is 86.9 Å². The van der Waals surface area contributed by atoms with E-state index in [1.165, 1.54) is 15.9 Å². The largest absolute Gasteiger partial charge is 0.496 e. The zero-order chi connectivity index (χ0) is 31.2. The summed E-state index contributed by atoms with van der Waals surface area (Å²) < 4.78 is 37.2. The van der Waals surface area contributed by atoms with Crippen molar-refractivity contribution in [1.82, 2.24) is 0 Å². The van der Waals surface area contributed by atoms with Gasteiger partial charge in [0.25, 0.3) is 0 Å². The Morgan fingerprint density at radius 3 is 2.07 bits per heavy atom. The standard InChI is InChI=1S/C36H46O6P2/c1-35(2)41-23-36(24-42-35,25-43(31-19-11-7-15-27(31)37-3)32-20-12-8-16-28(32)38-4)26-44(33-21-13-9-17-29(33)39-5)34-22-14-10-18-30(34)40-6/h7-17,19-22,27,30-31H,18,23-26H2,1-6H3. The summed E-state index contributed by atoms with van der Waals surface area (Å²) in [6.45, 7) is 5.20. The smallest absolute Gasteiger partial charge is 0.162 e. The van der Waals surface area contributed by atoms with Gasteiger partial charge >= 0.3 is 0 Å². The summed E-state index contributed by atoms with van der Waals surface area (Å²) in [5.74, 6) is 1.17. The molecule has 236 valence electrons. The predicted octanol–water partition coefficient (Wildman–Crippen LogP) is 6.76. The Kier molecular flexibility index (Phi) is 11.2. The quantitative estimate of drug-likeness (QED) is 0.240. The highest BCUT2D eigenvalue weighted by Crippen LogP contribution is 2.58. The third kappa shape index (κ3) is 7.39. The lowest BCUT2D eigenvalue weighted by Crippen LogP contribution is -2.51. The molecule has 2 aromatic carbocycles. The van der Waals surface area contributed by atoms with E-state index in [1.807, 2.05) is 33.1 Å². The van der Waals surface area contributed by atoms with Gasteiger partial charge in [-0.25, -0.2) is 0 Å². The van der Waals surface area contributed by atoms with Crippen molar-refractivity contribution < 1.29 is 28.4 Å². The van der Waals surface area contributed by atoms with Crippen molar-refractivity contribution >= 4 is 26.5 Å². The maximum atomic E-state index is 6.56. The molecular weight excluding hydrogens is 590 g/mol. The van der Waals surface area contributed by atoms with E-state index < -0.39 is 21.6 Å². The summed E-state index contributed by atoms with van der Waals surface area (Å²) >= 11 is 0. The first-order valence-corrected chi connectivity index (χ1v) is 18.3. The van der Waals surface area contributed by atoms with Crippen LogP contribution in [0.15, 0.2) is 96.4 Å². The highest BCUT2D eigenvalue weighted by Gasteiger charge is 2.47. The Morgan fingerprint density at radius 2 is 1.41 bits per heavy atom. The van der Waals surface area contributed by atoms with E-state index in [0.29, 0.717) is 13.2 Å². The van der Waals surface area contributed by atoms with Gasteiger partial charge < -0.3 is 28.4 Å². The number of benzene rings is 2. The Hall–Kier alpha value is -2.30.